The lowest BCUT2D eigenvalue weighted by molar-refractivity contribution is -0.134. The van der Waals surface area contributed by atoms with Crippen molar-refractivity contribution in [3.8, 4) is 0 Å². The second-order valence-corrected chi connectivity index (χ2v) is 9.47. The number of aliphatic hydroxyl groups is 1. The summed E-state index contributed by atoms with van der Waals surface area (Å²) in [5.41, 5.74) is 0.682. The smallest absolute Gasteiger partial charge is 0.250 e. The fourth-order valence-corrected chi connectivity index (χ4v) is 5.91. The van der Waals surface area contributed by atoms with E-state index in [0.29, 0.717) is 19.3 Å². The molecule has 0 unspecified atom stereocenters. The van der Waals surface area contributed by atoms with Crippen molar-refractivity contribution >= 4 is 24.0 Å². The predicted octanol–water partition coefficient (Wildman–Crippen LogP) is 4.43. The van der Waals surface area contributed by atoms with Crippen LogP contribution in [0.5, 0.6) is 0 Å². The molecule has 1 spiro atoms. The van der Waals surface area contributed by atoms with Crippen molar-refractivity contribution < 1.29 is 9.90 Å². The number of para-hydroxylation sites is 1. The van der Waals surface area contributed by atoms with Crippen molar-refractivity contribution in [2.75, 3.05) is 37.8 Å². The summed E-state index contributed by atoms with van der Waals surface area (Å²) in [6.07, 6.45) is 14.1. The lowest BCUT2D eigenvalue weighted by Gasteiger charge is -2.45. The van der Waals surface area contributed by atoms with Crippen LogP contribution < -0.4 is 4.90 Å². The Balaban J connectivity index is 0.00000272. The summed E-state index contributed by atoms with van der Waals surface area (Å²) in [6, 6.07) is 11.1. The molecule has 6 heteroatoms. The first-order chi connectivity index (χ1) is 14.7. The van der Waals surface area contributed by atoms with Crippen molar-refractivity contribution in [1.29, 1.82) is 0 Å². The van der Waals surface area contributed by atoms with E-state index in [1.54, 1.807) is 0 Å². The Kier molecular flexibility index (Phi) is 9.06. The molecule has 5 nitrogen and oxygen atoms in total. The second-order valence-electron chi connectivity index (χ2n) is 9.47. The number of nitrogens with zero attached hydrogens (tertiary/aromatic N) is 3. The van der Waals surface area contributed by atoms with E-state index < -0.39 is 5.54 Å². The third kappa shape index (κ3) is 5.37. The number of hydrogen-bond donors (Lipinski definition) is 1. The topological polar surface area (TPSA) is 47.0 Å². The number of carbonyl (C=O) groups excluding carboxylic acids is 1. The lowest BCUT2D eigenvalue weighted by atomic mass is 9.84. The van der Waals surface area contributed by atoms with Crippen LogP contribution >= 0.6 is 12.4 Å². The molecule has 1 aliphatic carbocycles. The number of aliphatic hydroxyl groups excluding tert-OH is 1. The van der Waals surface area contributed by atoms with E-state index in [9.17, 15) is 9.90 Å². The quantitative estimate of drug-likeness (QED) is 0.738. The lowest BCUT2D eigenvalue weighted by Crippen LogP contribution is -2.58. The molecule has 2 saturated heterocycles. The highest BCUT2D eigenvalue weighted by Crippen LogP contribution is 2.40. The fourth-order valence-electron chi connectivity index (χ4n) is 5.91. The standard InChI is InChI=1S/C25H39N3O2.ClH/c29-20-19-27-21-28(23-13-9-6-10-14-23)25(24(27)30)15-17-26(18-16-25)22-11-7-4-2-1-3-5-8-12-22;/h6,9-10,13-14,22,29H,1-5,7-8,11-12,15-21H2;1H. The molecule has 0 radical (unpaired) electrons. The van der Waals surface area contributed by atoms with Gasteiger partial charge in [0.05, 0.1) is 13.3 Å². The Bertz CT molecular complexity index is 669. The molecule has 1 amide bonds. The molecule has 2 aliphatic heterocycles. The Labute approximate surface area is 194 Å². The number of likely N-dealkylation sites (tertiary alicyclic amines) is 1. The maximum atomic E-state index is 13.5. The Morgan fingerprint density at radius 3 is 2.06 bits per heavy atom. The van der Waals surface area contributed by atoms with Gasteiger partial charge in [0.25, 0.3) is 0 Å². The average molecular weight is 450 g/mol. The van der Waals surface area contributed by atoms with Crippen LogP contribution in [0, 0.1) is 0 Å². The summed E-state index contributed by atoms with van der Waals surface area (Å²) >= 11 is 0. The van der Waals surface area contributed by atoms with Crippen LogP contribution in [0.15, 0.2) is 30.3 Å². The van der Waals surface area contributed by atoms with E-state index in [2.05, 4.69) is 34.1 Å². The second kappa shape index (κ2) is 11.5. The van der Waals surface area contributed by atoms with E-state index in [4.69, 9.17) is 0 Å². The highest BCUT2D eigenvalue weighted by atomic mass is 35.5. The summed E-state index contributed by atoms with van der Waals surface area (Å²) < 4.78 is 0. The molecule has 0 aromatic heterocycles. The monoisotopic (exact) mass is 449 g/mol. The van der Waals surface area contributed by atoms with Crippen LogP contribution in [0.3, 0.4) is 0 Å². The predicted molar refractivity (Wildman–Crippen MR) is 129 cm³/mol. The van der Waals surface area contributed by atoms with E-state index in [1.807, 2.05) is 11.0 Å². The summed E-state index contributed by atoms with van der Waals surface area (Å²) in [7, 11) is 0. The van der Waals surface area contributed by atoms with Crippen molar-refractivity contribution in [3.05, 3.63) is 30.3 Å². The zero-order valence-corrected chi connectivity index (χ0v) is 19.7. The van der Waals surface area contributed by atoms with Crippen LogP contribution in [0.25, 0.3) is 0 Å². The van der Waals surface area contributed by atoms with Gasteiger partial charge in [0.2, 0.25) is 5.91 Å². The summed E-state index contributed by atoms with van der Waals surface area (Å²) in [5.74, 6) is 0.214. The van der Waals surface area contributed by atoms with Gasteiger partial charge in [0.15, 0.2) is 0 Å². The normalized spacial score (nSPS) is 23.7. The van der Waals surface area contributed by atoms with Gasteiger partial charge >= 0.3 is 0 Å². The molecule has 1 saturated carbocycles. The largest absolute Gasteiger partial charge is 0.395 e. The summed E-state index contributed by atoms with van der Waals surface area (Å²) in [4.78, 5) is 20.3. The molecule has 1 aromatic carbocycles. The van der Waals surface area contributed by atoms with Crippen LogP contribution in [-0.2, 0) is 4.79 Å². The van der Waals surface area contributed by atoms with Gasteiger partial charge in [-0.25, -0.2) is 0 Å². The van der Waals surface area contributed by atoms with Crippen molar-refractivity contribution in [3.63, 3.8) is 0 Å². The maximum Gasteiger partial charge on any atom is 0.250 e. The molecule has 31 heavy (non-hydrogen) atoms. The third-order valence-corrected chi connectivity index (χ3v) is 7.67. The number of anilines is 1. The molecule has 3 fully saturated rings. The van der Waals surface area contributed by atoms with Gasteiger partial charge in [-0.05, 0) is 37.8 Å². The maximum absolute atomic E-state index is 13.5. The molecular weight excluding hydrogens is 410 g/mol. The molecule has 1 N–H and O–H groups in total. The van der Waals surface area contributed by atoms with Crippen molar-refractivity contribution in [2.24, 2.45) is 0 Å². The number of hydrogen-bond acceptors (Lipinski definition) is 4. The van der Waals surface area contributed by atoms with Gasteiger partial charge < -0.3 is 19.8 Å². The van der Waals surface area contributed by atoms with Crippen LogP contribution in [0.2, 0.25) is 0 Å². The van der Waals surface area contributed by atoms with Gasteiger partial charge in [-0.3, -0.25) is 4.79 Å². The minimum absolute atomic E-state index is 0. The molecule has 4 rings (SSSR count). The first-order valence-electron chi connectivity index (χ1n) is 12.2. The number of amides is 1. The molecule has 2 heterocycles. The van der Waals surface area contributed by atoms with Gasteiger partial charge in [-0.1, -0.05) is 63.1 Å². The Morgan fingerprint density at radius 2 is 1.48 bits per heavy atom. The van der Waals surface area contributed by atoms with E-state index in [-0.39, 0.29) is 24.9 Å². The molecule has 174 valence electrons. The number of β-amino-alcohol motifs (C(OH)–C–C–N with tert-alkyl or cyclic N) is 1. The first-order valence-corrected chi connectivity index (χ1v) is 12.2. The van der Waals surface area contributed by atoms with E-state index in [1.165, 1.54) is 57.8 Å². The molecular formula is C25H40ClN3O2. The van der Waals surface area contributed by atoms with Crippen LogP contribution in [0.4, 0.5) is 5.69 Å². The highest BCUT2D eigenvalue weighted by molar-refractivity contribution is 5.93. The minimum atomic E-state index is -0.441. The van der Waals surface area contributed by atoms with Gasteiger partial charge in [0.1, 0.15) is 5.54 Å². The highest BCUT2D eigenvalue weighted by Gasteiger charge is 2.53. The van der Waals surface area contributed by atoms with E-state index in [0.717, 1.165) is 31.6 Å². The first kappa shape index (κ1) is 24.3. The molecule has 0 bridgehead atoms. The number of rotatable bonds is 4. The molecule has 0 atom stereocenters. The third-order valence-electron chi connectivity index (χ3n) is 7.67. The zero-order valence-electron chi connectivity index (χ0n) is 18.9. The van der Waals surface area contributed by atoms with Gasteiger partial charge in [-0.15, -0.1) is 12.4 Å². The fraction of sp³-hybridized carbons (Fsp3) is 0.720. The van der Waals surface area contributed by atoms with Crippen LogP contribution in [-0.4, -0.2) is 65.3 Å². The van der Waals surface area contributed by atoms with Crippen molar-refractivity contribution in [2.45, 2.75) is 82.2 Å². The number of benzene rings is 1. The average Bonchev–Trinajstić information content (AvgIpc) is 3.05. The number of piperidine rings is 1. The summed E-state index contributed by atoms with van der Waals surface area (Å²) in [5, 5.41) is 9.47. The minimum Gasteiger partial charge on any atom is -0.395 e. The zero-order chi connectivity index (χ0) is 20.8. The van der Waals surface area contributed by atoms with Crippen LogP contribution in [0.1, 0.15) is 70.6 Å². The summed E-state index contributed by atoms with van der Waals surface area (Å²) in [6.45, 7) is 3.06. The Morgan fingerprint density at radius 1 is 0.903 bits per heavy atom. The number of halogens is 1. The SMILES string of the molecule is Cl.O=C1N(CCO)CN(c2ccccc2)C12CCN(C1CCCCCCCCC1)CC2. The number of carbonyl (C=O) groups is 1. The molecule has 3 aliphatic rings. The van der Waals surface area contributed by atoms with Gasteiger partial charge in [-0.2, -0.15) is 0 Å². The Hall–Kier alpha value is -1.30. The van der Waals surface area contributed by atoms with E-state index >= 15 is 0 Å². The molecule has 1 aromatic rings. The van der Waals surface area contributed by atoms with Gasteiger partial charge in [0, 0.05) is 31.4 Å². The van der Waals surface area contributed by atoms with Crippen molar-refractivity contribution in [1.82, 2.24) is 9.80 Å².